The van der Waals surface area contributed by atoms with Gasteiger partial charge < -0.3 is 0 Å². The average Bonchev–Trinajstić information content (AvgIpc) is 1.91. The molecule has 0 aromatic heterocycles. The van der Waals surface area contributed by atoms with Crippen LogP contribution in [0.2, 0.25) is 0 Å². The quantitative estimate of drug-likeness (QED) is 0.308. The van der Waals surface area contributed by atoms with Gasteiger partial charge in [-0.25, -0.2) is 0 Å². The fourth-order valence-electron chi connectivity index (χ4n) is 0.190. The van der Waals surface area contributed by atoms with Crippen LogP contribution < -0.4 is 27.8 Å². The van der Waals surface area contributed by atoms with E-state index in [-0.39, 0.29) is 6.67 Å². The van der Waals surface area contributed by atoms with Crippen molar-refractivity contribution in [3.8, 4) is 0 Å². The van der Waals surface area contributed by atoms with Crippen molar-refractivity contribution < 1.29 is 33.1 Å². The van der Waals surface area contributed by atoms with Crippen molar-refractivity contribution in [1.29, 1.82) is 0 Å². The van der Waals surface area contributed by atoms with E-state index in [1.807, 2.05) is 0 Å². The number of nitrogens with zero attached hydrogens (tertiary/aromatic N) is 1. The molecule has 58 valence electrons. The van der Waals surface area contributed by atoms with Gasteiger partial charge in [-0.1, -0.05) is 0 Å². The Kier molecular flexibility index (Phi) is 7.04. The zero-order valence-electron chi connectivity index (χ0n) is 5.33. The number of hydroxylamine groups is 2. The molecule has 0 saturated heterocycles. The fraction of sp³-hybridized carbons (Fsp3) is 1.00. The average molecular weight is 249 g/mol. The summed E-state index contributed by atoms with van der Waals surface area (Å²) in [5.74, 6) is 0. The van der Waals surface area contributed by atoms with Gasteiger partial charge in [0.05, 0.1) is 0 Å². The maximum atomic E-state index is 5.16. The topological polar surface area (TPSA) is 57.0 Å². The number of hydrogen-bond acceptors (Lipinski definition) is 5. The first-order chi connectivity index (χ1) is 4.35. The van der Waals surface area contributed by atoms with E-state index < -0.39 is 22.0 Å². The minimum atomic E-state index is -0.704. The Morgan fingerprint density at radius 2 is 2.22 bits per heavy atom. The summed E-state index contributed by atoms with van der Waals surface area (Å²) in [4.78, 5) is 4.64. The summed E-state index contributed by atoms with van der Waals surface area (Å²) in [5, 5.41) is 1.16. The van der Waals surface area contributed by atoms with Crippen molar-refractivity contribution in [3.63, 3.8) is 0 Å². The van der Waals surface area contributed by atoms with Crippen LogP contribution >= 0.6 is 0 Å². The fourth-order valence-corrected chi connectivity index (χ4v) is 0.852. The second-order valence-corrected chi connectivity index (χ2v) is 2.62. The Balaban J connectivity index is 3.09. The summed E-state index contributed by atoms with van der Waals surface area (Å²) in [5.41, 5.74) is 5.16. The minimum absolute atomic E-state index is 0.208. The molecule has 0 spiro atoms. The Bertz CT molecular complexity index is 61.0. The summed E-state index contributed by atoms with van der Waals surface area (Å²) in [6.07, 6.45) is 0. The van der Waals surface area contributed by atoms with Gasteiger partial charge in [0.1, 0.15) is 0 Å². The molecule has 0 saturated carbocycles. The van der Waals surface area contributed by atoms with Crippen LogP contribution in [0, 0.1) is 0 Å². The van der Waals surface area contributed by atoms with Crippen molar-refractivity contribution in [2.45, 2.75) is 0 Å². The Labute approximate surface area is 65.3 Å². The van der Waals surface area contributed by atoms with Gasteiger partial charge in [-0.3, -0.25) is 0 Å². The van der Waals surface area contributed by atoms with E-state index >= 15 is 0 Å². The first kappa shape index (κ1) is 9.53. The molecule has 0 aliphatic carbocycles. The normalized spacial score (nSPS) is 11.1. The van der Waals surface area contributed by atoms with E-state index in [1.54, 1.807) is 7.11 Å². The van der Waals surface area contributed by atoms with Crippen LogP contribution in [-0.4, -0.2) is 26.1 Å². The van der Waals surface area contributed by atoms with Crippen LogP contribution in [0.4, 0.5) is 0 Å². The number of rotatable bonds is 5. The zero-order chi connectivity index (χ0) is 7.11. The molecule has 0 fully saturated rings. The van der Waals surface area contributed by atoms with Gasteiger partial charge in [0.25, 0.3) is 0 Å². The second kappa shape index (κ2) is 6.65. The molecular formula is C3H10IN2O3-. The van der Waals surface area contributed by atoms with Crippen LogP contribution in [0.15, 0.2) is 0 Å². The molecule has 2 N–H and O–H groups in total. The van der Waals surface area contributed by atoms with Gasteiger partial charge in [-0.2, -0.15) is 0 Å². The van der Waals surface area contributed by atoms with Gasteiger partial charge >= 0.3 is 65.0 Å². The molecular weight excluding hydrogens is 239 g/mol. The molecule has 0 bridgehead atoms. The monoisotopic (exact) mass is 249 g/mol. The van der Waals surface area contributed by atoms with Crippen molar-refractivity contribution in [3.05, 3.63) is 0 Å². The Morgan fingerprint density at radius 3 is 2.56 bits per heavy atom. The Morgan fingerprint density at radius 1 is 1.56 bits per heavy atom. The molecule has 0 radical (unpaired) electrons. The predicted molar refractivity (Wildman–Crippen MR) is 26.0 cm³/mol. The molecule has 0 aliphatic heterocycles. The first-order valence-corrected chi connectivity index (χ1v) is 3.98. The molecule has 5 nitrogen and oxygen atoms in total. The van der Waals surface area contributed by atoms with Crippen LogP contribution in [0.1, 0.15) is 0 Å². The maximum absolute atomic E-state index is 5.16. The number of hydrogen-bond donors (Lipinski definition) is 1. The molecule has 6 heteroatoms. The summed E-state index contributed by atoms with van der Waals surface area (Å²) >= 11 is -0.704. The van der Waals surface area contributed by atoms with E-state index in [0.29, 0.717) is 0 Å². The molecule has 0 unspecified atom stereocenters. The molecule has 0 rings (SSSR count). The molecule has 0 aromatic rings. The van der Waals surface area contributed by atoms with Gasteiger partial charge in [-0.05, 0) is 0 Å². The molecule has 0 amide bonds. The van der Waals surface area contributed by atoms with Gasteiger partial charge in [0, 0.05) is 0 Å². The van der Waals surface area contributed by atoms with Crippen molar-refractivity contribution >= 4 is 0 Å². The zero-order valence-corrected chi connectivity index (χ0v) is 7.49. The second-order valence-electron chi connectivity index (χ2n) is 0.984. The van der Waals surface area contributed by atoms with E-state index in [1.165, 1.54) is 7.11 Å². The van der Waals surface area contributed by atoms with E-state index in [2.05, 4.69) is 7.90 Å². The molecule has 0 heterocycles. The third-order valence-electron chi connectivity index (χ3n) is 0.521. The van der Waals surface area contributed by atoms with Gasteiger partial charge in [0.2, 0.25) is 0 Å². The summed E-state index contributed by atoms with van der Waals surface area (Å²) in [6.45, 7) is 0.208. The van der Waals surface area contributed by atoms with Crippen LogP contribution in [0.3, 0.4) is 0 Å². The van der Waals surface area contributed by atoms with E-state index in [0.717, 1.165) is 5.23 Å². The van der Waals surface area contributed by atoms with Crippen molar-refractivity contribution in [2.24, 2.45) is 5.73 Å². The SMILES string of the molecule is CO[I-]ON(CN)OC. The van der Waals surface area contributed by atoms with Crippen molar-refractivity contribution in [2.75, 3.05) is 20.9 Å². The number of halogens is 1. The Hall–Kier alpha value is 0.530. The summed E-state index contributed by atoms with van der Waals surface area (Å²) < 4.78 is 9.55. The molecule has 0 atom stereocenters. The number of nitrogens with two attached hydrogens (primary N) is 1. The standard InChI is InChI=1S/C3H10IN2O3/c1-7-4-9-6(3-5)8-2/h3,5H2,1-2H3/q-1. The van der Waals surface area contributed by atoms with Crippen molar-refractivity contribution in [1.82, 2.24) is 5.23 Å². The molecule has 9 heavy (non-hydrogen) atoms. The van der Waals surface area contributed by atoms with Crippen LogP contribution in [0.25, 0.3) is 0 Å². The predicted octanol–water partition coefficient (Wildman–Crippen LogP) is -3.74. The first-order valence-electron chi connectivity index (χ1n) is 2.21. The summed E-state index contributed by atoms with van der Waals surface area (Å²) in [7, 11) is 3.05. The van der Waals surface area contributed by atoms with Crippen LogP contribution in [-0.2, 0) is 11.1 Å². The third kappa shape index (κ3) is 5.00. The molecule has 0 aromatic carbocycles. The third-order valence-corrected chi connectivity index (χ3v) is 1.48. The van der Waals surface area contributed by atoms with Gasteiger partial charge in [0.15, 0.2) is 0 Å². The van der Waals surface area contributed by atoms with E-state index in [4.69, 9.17) is 8.90 Å². The summed E-state index contributed by atoms with van der Waals surface area (Å²) in [6, 6.07) is 0. The van der Waals surface area contributed by atoms with E-state index in [9.17, 15) is 0 Å². The molecule has 0 aliphatic rings. The van der Waals surface area contributed by atoms with Crippen LogP contribution in [0.5, 0.6) is 0 Å². The van der Waals surface area contributed by atoms with Gasteiger partial charge in [-0.15, -0.1) is 0 Å².